The van der Waals surface area contributed by atoms with Gasteiger partial charge in [-0.05, 0) is 85.5 Å². The van der Waals surface area contributed by atoms with Gasteiger partial charge in [0.25, 0.3) is 5.91 Å². The van der Waals surface area contributed by atoms with Crippen molar-refractivity contribution in [2.24, 2.45) is 4.99 Å². The number of thioether (sulfide) groups is 1. The molecule has 5 heteroatoms. The van der Waals surface area contributed by atoms with Crippen molar-refractivity contribution in [3.63, 3.8) is 0 Å². The Labute approximate surface area is 223 Å². The highest BCUT2D eigenvalue weighted by atomic mass is 32.2. The standard InChI is InChI=1S/C32H31N3OS/c1-4-26-15-11-12-18-29(26)35-23(2)21-27(24(35)3)22-30-31(36)34(20-19-25-13-7-5-8-14-25)32(37-30)33-28-16-9-6-10-17-28/h5-18,21-22H,4,19-20H2,1-3H3/b30-22-,33-32?. The average molecular weight is 506 g/mol. The van der Waals surface area contributed by atoms with Gasteiger partial charge >= 0.3 is 0 Å². The summed E-state index contributed by atoms with van der Waals surface area (Å²) in [6.45, 7) is 7.02. The van der Waals surface area contributed by atoms with Crippen molar-refractivity contribution < 1.29 is 4.79 Å². The SMILES string of the molecule is CCc1ccccc1-n1c(C)cc(/C=C2\SC(=Nc3ccccc3)N(CCc3ccccc3)C2=O)c1C. The molecular formula is C32H31N3OS. The Balaban J connectivity index is 1.49. The molecule has 0 unspecified atom stereocenters. The quantitative estimate of drug-likeness (QED) is 0.244. The summed E-state index contributed by atoms with van der Waals surface area (Å²) in [4.78, 5) is 21.0. The third-order valence-corrected chi connectivity index (χ3v) is 7.71. The smallest absolute Gasteiger partial charge is 0.266 e. The van der Waals surface area contributed by atoms with Crippen LogP contribution >= 0.6 is 11.8 Å². The number of rotatable bonds is 7. The van der Waals surface area contributed by atoms with E-state index in [0.717, 1.165) is 40.6 Å². The van der Waals surface area contributed by atoms with Crippen LogP contribution in [0.1, 0.15) is 35.0 Å². The van der Waals surface area contributed by atoms with Crippen molar-refractivity contribution in [3.05, 3.63) is 124 Å². The number of hydrogen-bond acceptors (Lipinski definition) is 3. The lowest BCUT2D eigenvalue weighted by Gasteiger charge is -2.15. The number of amidine groups is 1. The van der Waals surface area contributed by atoms with E-state index in [4.69, 9.17) is 4.99 Å². The molecule has 186 valence electrons. The molecule has 1 aromatic heterocycles. The minimum Gasteiger partial charge on any atom is -0.318 e. The van der Waals surface area contributed by atoms with Crippen LogP contribution in [0.15, 0.2) is 101 Å². The van der Waals surface area contributed by atoms with Crippen molar-refractivity contribution in [3.8, 4) is 5.69 Å². The van der Waals surface area contributed by atoms with E-state index in [0.29, 0.717) is 11.4 Å². The van der Waals surface area contributed by atoms with Crippen LogP contribution in [0.25, 0.3) is 11.8 Å². The van der Waals surface area contributed by atoms with Gasteiger partial charge in [0.1, 0.15) is 0 Å². The summed E-state index contributed by atoms with van der Waals surface area (Å²) in [7, 11) is 0. The number of benzene rings is 3. The van der Waals surface area contributed by atoms with Crippen molar-refractivity contribution in [1.82, 2.24) is 9.47 Å². The van der Waals surface area contributed by atoms with Crippen LogP contribution in [-0.4, -0.2) is 27.1 Å². The zero-order valence-electron chi connectivity index (χ0n) is 21.5. The second kappa shape index (κ2) is 11.1. The molecule has 1 amide bonds. The maximum Gasteiger partial charge on any atom is 0.266 e. The van der Waals surface area contributed by atoms with Gasteiger partial charge < -0.3 is 4.57 Å². The fraction of sp³-hybridized carbons (Fsp3) is 0.188. The van der Waals surface area contributed by atoms with Crippen LogP contribution in [0.4, 0.5) is 5.69 Å². The van der Waals surface area contributed by atoms with Crippen LogP contribution in [0, 0.1) is 13.8 Å². The number of para-hydroxylation sites is 2. The zero-order valence-corrected chi connectivity index (χ0v) is 22.3. The monoisotopic (exact) mass is 505 g/mol. The summed E-state index contributed by atoms with van der Waals surface area (Å²) in [5.74, 6) is 0.00868. The highest BCUT2D eigenvalue weighted by Gasteiger charge is 2.33. The van der Waals surface area contributed by atoms with Crippen molar-refractivity contribution in [2.45, 2.75) is 33.6 Å². The highest BCUT2D eigenvalue weighted by molar-refractivity contribution is 8.18. The average Bonchev–Trinajstić information content (AvgIpc) is 3.37. The Morgan fingerprint density at radius 3 is 2.30 bits per heavy atom. The first-order chi connectivity index (χ1) is 18.0. The Morgan fingerprint density at radius 1 is 0.892 bits per heavy atom. The maximum absolute atomic E-state index is 13.7. The molecule has 2 heterocycles. The van der Waals surface area contributed by atoms with Crippen LogP contribution in [0.2, 0.25) is 0 Å². The molecule has 0 saturated carbocycles. The van der Waals surface area contributed by atoms with Crippen molar-refractivity contribution in [2.75, 3.05) is 6.54 Å². The second-order valence-electron chi connectivity index (χ2n) is 9.18. The van der Waals surface area contributed by atoms with E-state index < -0.39 is 0 Å². The van der Waals surface area contributed by atoms with Gasteiger partial charge in [0.05, 0.1) is 10.6 Å². The third-order valence-electron chi connectivity index (χ3n) is 6.71. The Kier molecular flexibility index (Phi) is 7.42. The Morgan fingerprint density at radius 2 is 1.57 bits per heavy atom. The molecule has 1 aliphatic heterocycles. The molecule has 5 rings (SSSR count). The summed E-state index contributed by atoms with van der Waals surface area (Å²) in [6.07, 6.45) is 3.77. The minimum absolute atomic E-state index is 0.00868. The topological polar surface area (TPSA) is 37.6 Å². The largest absolute Gasteiger partial charge is 0.318 e. The first-order valence-electron chi connectivity index (χ1n) is 12.7. The fourth-order valence-corrected chi connectivity index (χ4v) is 5.78. The normalized spacial score (nSPS) is 15.8. The molecule has 37 heavy (non-hydrogen) atoms. The molecule has 0 radical (unpaired) electrons. The number of aliphatic imine (C=N–C) groups is 1. The van der Waals surface area contributed by atoms with Crippen molar-refractivity contribution in [1.29, 1.82) is 0 Å². The lowest BCUT2D eigenvalue weighted by atomic mass is 10.1. The Hall–Kier alpha value is -3.83. The van der Waals surface area contributed by atoms with Gasteiger partial charge in [-0.25, -0.2) is 4.99 Å². The lowest BCUT2D eigenvalue weighted by molar-refractivity contribution is -0.122. The third kappa shape index (κ3) is 5.32. The predicted octanol–water partition coefficient (Wildman–Crippen LogP) is 7.50. The highest BCUT2D eigenvalue weighted by Crippen LogP contribution is 2.35. The Bertz CT molecular complexity index is 1470. The molecule has 4 aromatic rings. The number of amides is 1. The summed E-state index contributed by atoms with van der Waals surface area (Å²) in [6, 6.07) is 30.8. The van der Waals surface area contributed by atoms with Gasteiger partial charge in [-0.1, -0.05) is 73.7 Å². The molecule has 0 spiro atoms. The number of nitrogens with zero attached hydrogens (tertiary/aromatic N) is 3. The number of hydrogen-bond donors (Lipinski definition) is 0. The van der Waals surface area contributed by atoms with E-state index in [1.54, 1.807) is 0 Å². The van der Waals surface area contributed by atoms with E-state index in [2.05, 4.69) is 67.8 Å². The van der Waals surface area contributed by atoms with E-state index >= 15 is 0 Å². The number of aryl methyl sites for hydroxylation is 2. The number of carbonyl (C=O) groups is 1. The molecule has 1 aliphatic rings. The van der Waals surface area contributed by atoms with Crippen LogP contribution in [0.3, 0.4) is 0 Å². The molecular weight excluding hydrogens is 474 g/mol. The van der Waals surface area contributed by atoms with Gasteiger partial charge in [-0.15, -0.1) is 0 Å². The fourth-order valence-electron chi connectivity index (χ4n) is 4.76. The summed E-state index contributed by atoms with van der Waals surface area (Å²) < 4.78 is 2.29. The molecule has 0 bridgehead atoms. The van der Waals surface area contributed by atoms with E-state index in [-0.39, 0.29) is 5.91 Å². The van der Waals surface area contributed by atoms with Gasteiger partial charge in [0.2, 0.25) is 0 Å². The molecule has 1 saturated heterocycles. The first kappa shape index (κ1) is 24.8. The van der Waals surface area contributed by atoms with Crippen LogP contribution < -0.4 is 0 Å². The predicted molar refractivity (Wildman–Crippen MR) is 156 cm³/mol. The maximum atomic E-state index is 13.7. The first-order valence-corrected chi connectivity index (χ1v) is 13.5. The molecule has 1 fully saturated rings. The van der Waals surface area contributed by atoms with Crippen LogP contribution in [-0.2, 0) is 17.6 Å². The van der Waals surface area contributed by atoms with Gasteiger partial charge in [0, 0.05) is 23.6 Å². The summed E-state index contributed by atoms with van der Waals surface area (Å²) >= 11 is 1.46. The molecule has 0 atom stereocenters. The lowest BCUT2D eigenvalue weighted by Crippen LogP contribution is -2.31. The number of aromatic nitrogens is 1. The van der Waals surface area contributed by atoms with E-state index in [1.165, 1.54) is 28.6 Å². The van der Waals surface area contributed by atoms with Gasteiger partial charge in [-0.3, -0.25) is 9.69 Å². The molecule has 0 aliphatic carbocycles. The van der Waals surface area contributed by atoms with Crippen molar-refractivity contribution >= 4 is 34.6 Å². The zero-order chi connectivity index (χ0) is 25.8. The van der Waals surface area contributed by atoms with E-state index in [9.17, 15) is 4.79 Å². The molecule has 0 N–H and O–H groups in total. The van der Waals surface area contributed by atoms with Gasteiger partial charge in [-0.2, -0.15) is 0 Å². The summed E-state index contributed by atoms with van der Waals surface area (Å²) in [5, 5.41) is 0.725. The number of carbonyl (C=O) groups excluding carboxylic acids is 1. The molecule has 4 nitrogen and oxygen atoms in total. The summed E-state index contributed by atoms with van der Waals surface area (Å²) in [5.41, 5.74) is 7.89. The molecule has 3 aromatic carbocycles. The minimum atomic E-state index is 0.00868. The van der Waals surface area contributed by atoms with Gasteiger partial charge in [0.15, 0.2) is 5.17 Å². The second-order valence-corrected chi connectivity index (χ2v) is 10.2. The van der Waals surface area contributed by atoms with Crippen LogP contribution in [0.5, 0.6) is 0 Å². The van der Waals surface area contributed by atoms with E-state index in [1.807, 2.05) is 59.5 Å².